The van der Waals surface area contributed by atoms with Gasteiger partial charge in [0.25, 0.3) is 0 Å². The van der Waals surface area contributed by atoms with Gasteiger partial charge in [0.05, 0.1) is 0 Å². The van der Waals surface area contributed by atoms with Gasteiger partial charge in [0.1, 0.15) is 5.75 Å². The lowest BCUT2D eigenvalue weighted by Crippen LogP contribution is -2.25. The van der Waals surface area contributed by atoms with Crippen molar-refractivity contribution in [3.8, 4) is 16.9 Å². The Bertz CT molecular complexity index is 1520. The number of hydrogen-bond acceptors (Lipinski definition) is 1. The van der Waals surface area contributed by atoms with Crippen molar-refractivity contribution in [2.45, 2.75) is 40.0 Å². The van der Waals surface area contributed by atoms with E-state index in [1.807, 2.05) is 13.8 Å². The Morgan fingerprint density at radius 3 is 1.05 bits per heavy atom. The van der Waals surface area contributed by atoms with E-state index in [1.165, 1.54) is 34.4 Å². The van der Waals surface area contributed by atoms with E-state index >= 15 is 0 Å². The fourth-order valence-electron chi connectivity index (χ4n) is 4.76. The van der Waals surface area contributed by atoms with E-state index in [-0.39, 0.29) is 5.75 Å². The zero-order valence-electron chi connectivity index (χ0n) is 24.6. The van der Waals surface area contributed by atoms with Crippen LogP contribution in [0.15, 0.2) is 133 Å². The zero-order valence-corrected chi connectivity index (χ0v) is 24.6. The van der Waals surface area contributed by atoms with Gasteiger partial charge in [0.15, 0.2) is 0 Å². The largest absolute Gasteiger partial charge is 0.428 e. The van der Waals surface area contributed by atoms with Gasteiger partial charge in [-0.2, -0.15) is 13.2 Å². The van der Waals surface area contributed by atoms with E-state index in [0.717, 1.165) is 27.8 Å². The Hall–Kier alpha value is -4.57. The van der Waals surface area contributed by atoms with Crippen molar-refractivity contribution < 1.29 is 17.9 Å². The van der Waals surface area contributed by atoms with Crippen molar-refractivity contribution in [2.75, 3.05) is 0 Å². The van der Waals surface area contributed by atoms with Crippen LogP contribution in [0.5, 0.6) is 5.75 Å². The predicted octanol–water partition coefficient (Wildman–Crippen LogP) is 11.0. The molecule has 5 aromatic carbocycles. The molecule has 5 aromatic rings. The van der Waals surface area contributed by atoms with Crippen LogP contribution in [-0.2, 0) is 5.41 Å². The van der Waals surface area contributed by atoms with Gasteiger partial charge in [-0.05, 0) is 74.6 Å². The van der Waals surface area contributed by atoms with Crippen LogP contribution in [0.25, 0.3) is 11.1 Å². The highest BCUT2D eigenvalue weighted by Gasteiger charge is 2.31. The molecule has 0 unspecified atom stereocenters. The number of ether oxygens (including phenoxy) is 1. The van der Waals surface area contributed by atoms with E-state index in [2.05, 4.69) is 123 Å². The van der Waals surface area contributed by atoms with Crippen molar-refractivity contribution >= 4 is 0 Å². The molecule has 0 radical (unpaired) electrons. The second-order valence-electron chi connectivity index (χ2n) is 10.7. The smallest absolute Gasteiger partial charge is 0.344 e. The van der Waals surface area contributed by atoms with Gasteiger partial charge in [0.2, 0.25) is 0 Å². The Morgan fingerprint density at radius 2 is 0.738 bits per heavy atom. The molecule has 0 saturated carbocycles. The molecular weight excluding hydrogens is 529 g/mol. The first-order valence-corrected chi connectivity index (χ1v) is 13.8. The monoisotopic (exact) mass is 564 g/mol. The Kier molecular flexibility index (Phi) is 9.69. The summed E-state index contributed by atoms with van der Waals surface area (Å²) < 4.78 is 42.1. The quantitative estimate of drug-likeness (QED) is 0.147. The molecular formula is C38H35F3O. The van der Waals surface area contributed by atoms with Crippen molar-refractivity contribution in [2.24, 2.45) is 0 Å². The van der Waals surface area contributed by atoms with Gasteiger partial charge in [-0.1, -0.05) is 131 Å². The summed E-state index contributed by atoms with van der Waals surface area (Å²) in [5.74, 6) is 0.0178. The van der Waals surface area contributed by atoms with Crippen LogP contribution in [0, 0.1) is 27.7 Å². The highest BCUT2D eigenvalue weighted by molar-refractivity contribution is 5.63. The molecule has 0 aliphatic carbocycles. The summed E-state index contributed by atoms with van der Waals surface area (Å²) in [5, 5.41) is 0. The fourth-order valence-corrected chi connectivity index (χ4v) is 4.76. The molecule has 0 N–H and O–H groups in total. The van der Waals surface area contributed by atoms with Crippen LogP contribution >= 0.6 is 0 Å². The number of benzene rings is 5. The zero-order chi connectivity index (χ0) is 30.3. The van der Waals surface area contributed by atoms with Crippen LogP contribution in [0.4, 0.5) is 13.2 Å². The number of halogens is 3. The predicted molar refractivity (Wildman–Crippen MR) is 167 cm³/mol. The average Bonchev–Trinajstić information content (AvgIpc) is 2.99. The summed E-state index contributed by atoms with van der Waals surface area (Å²) >= 11 is 0. The van der Waals surface area contributed by atoms with Crippen LogP contribution in [0.3, 0.4) is 0 Å². The van der Waals surface area contributed by atoms with E-state index in [1.54, 1.807) is 12.1 Å². The summed E-state index contributed by atoms with van der Waals surface area (Å²) in [4.78, 5) is 0. The molecule has 214 valence electrons. The molecule has 4 heteroatoms. The van der Waals surface area contributed by atoms with Crippen LogP contribution in [0.1, 0.15) is 45.9 Å². The van der Waals surface area contributed by atoms with Crippen LogP contribution in [-0.4, -0.2) is 0 Å². The molecule has 0 heterocycles. The second kappa shape index (κ2) is 13.4. The topological polar surface area (TPSA) is 9.23 Å². The molecule has 0 amide bonds. The molecule has 0 spiro atoms. The first kappa shape index (κ1) is 30.4. The van der Waals surface area contributed by atoms with E-state index in [9.17, 15) is 13.2 Å². The maximum Gasteiger partial charge on any atom is 0.344 e. The van der Waals surface area contributed by atoms with Crippen molar-refractivity contribution in [3.05, 3.63) is 172 Å². The molecule has 42 heavy (non-hydrogen) atoms. The molecule has 0 aliphatic rings. The lowest BCUT2D eigenvalue weighted by molar-refractivity contribution is 0.241. The van der Waals surface area contributed by atoms with E-state index < -0.39 is 17.5 Å². The molecule has 0 saturated heterocycles. The van der Waals surface area contributed by atoms with Gasteiger partial charge in [-0.15, -0.1) is 0 Å². The Balaban J connectivity index is 0.000000241. The molecule has 0 fully saturated rings. The molecule has 0 aromatic heterocycles. The minimum Gasteiger partial charge on any atom is -0.428 e. The van der Waals surface area contributed by atoms with Gasteiger partial charge >= 0.3 is 12.1 Å². The van der Waals surface area contributed by atoms with Gasteiger partial charge in [-0.25, -0.2) is 0 Å². The number of hydrogen-bond donors (Lipinski definition) is 0. The van der Waals surface area contributed by atoms with E-state index in [0.29, 0.717) is 0 Å². The maximum atomic E-state index is 13.1. The Morgan fingerprint density at radius 1 is 0.452 bits per heavy atom. The van der Waals surface area contributed by atoms with Gasteiger partial charge < -0.3 is 4.74 Å². The minimum atomic E-state index is -2.48. The number of aryl methyl sites for hydroxylation is 4. The highest BCUT2D eigenvalue weighted by Crippen LogP contribution is 2.39. The second-order valence-corrected chi connectivity index (χ2v) is 10.7. The number of rotatable bonds is 6. The van der Waals surface area contributed by atoms with Gasteiger partial charge in [-0.3, -0.25) is 0 Å². The lowest BCUT2D eigenvalue weighted by Gasteiger charge is -2.32. The summed E-state index contributed by atoms with van der Waals surface area (Å²) in [6.45, 7) is 10.4. The lowest BCUT2D eigenvalue weighted by atomic mass is 9.71. The Labute approximate surface area is 247 Å². The third-order valence-electron chi connectivity index (χ3n) is 7.48. The first-order valence-electron chi connectivity index (χ1n) is 13.8. The summed E-state index contributed by atoms with van der Waals surface area (Å²) in [5.41, 5.74) is 10.2. The maximum absolute atomic E-state index is 13.1. The first-order chi connectivity index (χ1) is 20.1. The van der Waals surface area contributed by atoms with Crippen LogP contribution < -0.4 is 4.74 Å². The summed E-state index contributed by atoms with van der Waals surface area (Å²) in [6.07, 6.45) is -2.48. The standard InChI is InChI=1S/C24H21F3O.C14H14/c1-16-4-8-18(9-5-16)24(3,19-10-6-17(2)7-11-19)20-12-14-21(15-13-20)28-23(27)22(25)26;1-11-3-7-13(8-4-11)14-9-5-12(2)6-10-14/h4-15H,1-3H3;3-10H,1-2H3. The van der Waals surface area contributed by atoms with Crippen molar-refractivity contribution in [3.63, 3.8) is 0 Å². The molecule has 0 atom stereocenters. The van der Waals surface area contributed by atoms with Gasteiger partial charge in [0, 0.05) is 5.41 Å². The van der Waals surface area contributed by atoms with Crippen molar-refractivity contribution in [1.82, 2.24) is 0 Å². The SMILES string of the molecule is Cc1ccc(-c2ccc(C)cc2)cc1.Cc1ccc(C(C)(c2ccc(C)cc2)c2ccc(OC(F)=C(F)F)cc2)cc1. The summed E-state index contributed by atoms with van der Waals surface area (Å²) in [6, 6.07) is 38.5. The third-order valence-corrected chi connectivity index (χ3v) is 7.48. The molecule has 0 aliphatic heterocycles. The fraction of sp³-hybridized carbons (Fsp3) is 0.158. The van der Waals surface area contributed by atoms with Crippen molar-refractivity contribution in [1.29, 1.82) is 0 Å². The molecule has 0 bridgehead atoms. The third kappa shape index (κ3) is 7.38. The molecule has 5 rings (SSSR count). The summed E-state index contributed by atoms with van der Waals surface area (Å²) in [7, 11) is 0. The normalized spacial score (nSPS) is 10.9. The average molecular weight is 565 g/mol. The highest BCUT2D eigenvalue weighted by atomic mass is 19.3. The van der Waals surface area contributed by atoms with E-state index in [4.69, 9.17) is 0 Å². The minimum absolute atomic E-state index is 0.0178. The van der Waals surface area contributed by atoms with Crippen LogP contribution in [0.2, 0.25) is 0 Å². The molecule has 1 nitrogen and oxygen atoms in total.